The number of amides is 2. The number of carbonyl (C=O) groups is 2. The minimum atomic E-state index is -0.378. The molecule has 0 saturated carbocycles. The molecule has 0 unspecified atom stereocenters. The first-order valence-corrected chi connectivity index (χ1v) is 12.2. The number of ether oxygens (including phenoxy) is 3. The van der Waals surface area contributed by atoms with E-state index in [1.807, 2.05) is 0 Å². The minimum absolute atomic E-state index is 0.101. The number of rotatable bonds is 7. The van der Waals surface area contributed by atoms with Gasteiger partial charge in [-0.25, -0.2) is 4.98 Å². The van der Waals surface area contributed by atoms with Crippen molar-refractivity contribution in [1.29, 1.82) is 0 Å². The fourth-order valence-corrected chi connectivity index (χ4v) is 4.34. The van der Waals surface area contributed by atoms with Crippen LogP contribution in [0.25, 0.3) is 0 Å². The zero-order valence-electron chi connectivity index (χ0n) is 19.8. The van der Waals surface area contributed by atoms with Crippen molar-refractivity contribution in [3.05, 3.63) is 58.9 Å². The first kappa shape index (κ1) is 24.1. The number of halogens is 1. The summed E-state index contributed by atoms with van der Waals surface area (Å²) in [6.07, 6.45) is 5.80. The van der Waals surface area contributed by atoms with Crippen molar-refractivity contribution in [2.75, 3.05) is 31.6 Å². The van der Waals surface area contributed by atoms with Crippen LogP contribution in [-0.2, 0) is 11.8 Å². The van der Waals surface area contributed by atoms with Gasteiger partial charge in [-0.1, -0.05) is 11.6 Å². The van der Waals surface area contributed by atoms with E-state index < -0.39 is 0 Å². The van der Waals surface area contributed by atoms with Crippen molar-refractivity contribution in [3.8, 4) is 17.4 Å². The Morgan fingerprint density at radius 3 is 2.64 bits per heavy atom. The Morgan fingerprint density at radius 2 is 1.94 bits per heavy atom. The van der Waals surface area contributed by atoms with Crippen LogP contribution in [-0.4, -0.2) is 63.9 Å². The molecule has 2 aromatic heterocycles. The second-order valence-corrected chi connectivity index (χ2v) is 9.14. The molecule has 2 aliphatic heterocycles. The van der Waals surface area contributed by atoms with Gasteiger partial charge in [0.25, 0.3) is 11.8 Å². The molecule has 3 aromatic rings. The zero-order chi connectivity index (χ0) is 25.1. The van der Waals surface area contributed by atoms with Gasteiger partial charge in [0.2, 0.25) is 5.88 Å². The maximum absolute atomic E-state index is 12.9. The molecule has 10 nitrogen and oxygen atoms in total. The Hall–Kier alpha value is -3.63. The zero-order valence-corrected chi connectivity index (χ0v) is 20.5. The van der Waals surface area contributed by atoms with E-state index in [9.17, 15) is 9.59 Å². The predicted octanol–water partition coefficient (Wildman–Crippen LogP) is 3.92. The maximum Gasteiger partial charge on any atom is 0.257 e. The summed E-state index contributed by atoms with van der Waals surface area (Å²) in [5.74, 6) is 0.820. The molecule has 0 bridgehead atoms. The topological polar surface area (TPSA) is 108 Å². The first-order valence-electron chi connectivity index (χ1n) is 11.8. The summed E-state index contributed by atoms with van der Waals surface area (Å²) in [4.78, 5) is 31.7. The predicted molar refractivity (Wildman–Crippen MR) is 132 cm³/mol. The number of pyridine rings is 1. The molecule has 0 spiro atoms. The van der Waals surface area contributed by atoms with Gasteiger partial charge in [0, 0.05) is 56.6 Å². The second-order valence-electron chi connectivity index (χ2n) is 8.74. The molecule has 2 aliphatic rings. The number of carbonyl (C=O) groups excluding carboxylic acids is 2. The van der Waals surface area contributed by atoms with Crippen LogP contribution < -0.4 is 14.8 Å². The third-order valence-electron chi connectivity index (χ3n) is 5.95. The van der Waals surface area contributed by atoms with Crippen LogP contribution in [0.2, 0.25) is 5.02 Å². The lowest BCUT2D eigenvalue weighted by Crippen LogP contribution is -2.27. The molecular formula is C25H26ClN5O5. The average Bonchev–Trinajstić information content (AvgIpc) is 3.64. The fraction of sp³-hybridized carbons (Fsp3) is 0.360. The van der Waals surface area contributed by atoms with Crippen LogP contribution in [0, 0.1) is 0 Å². The van der Waals surface area contributed by atoms with E-state index in [1.165, 1.54) is 6.20 Å². The Bertz CT molecular complexity index is 1270. The Labute approximate surface area is 213 Å². The molecule has 5 rings (SSSR count). The number of benzene rings is 1. The van der Waals surface area contributed by atoms with Crippen molar-refractivity contribution < 1.29 is 23.8 Å². The number of nitrogens with zero attached hydrogens (tertiary/aromatic N) is 4. The lowest BCUT2D eigenvalue weighted by atomic mass is 10.1. The Kier molecular flexibility index (Phi) is 7.06. The van der Waals surface area contributed by atoms with Crippen LogP contribution in [0.1, 0.15) is 40.0 Å². The number of hydrogen-bond acceptors (Lipinski definition) is 7. The summed E-state index contributed by atoms with van der Waals surface area (Å²) in [7, 11) is 1.76. The highest BCUT2D eigenvalue weighted by Gasteiger charge is 2.22. The maximum atomic E-state index is 12.9. The molecule has 0 aliphatic carbocycles. The number of hydrogen-bond donors (Lipinski definition) is 1. The summed E-state index contributed by atoms with van der Waals surface area (Å²) in [6, 6.07) is 8.11. The highest BCUT2D eigenvalue weighted by atomic mass is 35.5. The third kappa shape index (κ3) is 5.60. The number of aryl methyl sites for hydroxylation is 1. The number of aromatic nitrogens is 3. The van der Waals surface area contributed by atoms with Crippen molar-refractivity contribution >= 4 is 29.2 Å². The summed E-state index contributed by atoms with van der Waals surface area (Å²) >= 11 is 6.42. The lowest BCUT2D eigenvalue weighted by molar-refractivity contribution is 0.0792. The molecule has 11 heteroatoms. The molecule has 2 fully saturated rings. The number of anilines is 1. The standard InChI is InChI=1S/C25H26ClN5O5/c1-30-8-4-22(29-30)28-23(32)16-10-19(35-18-5-9-34-15-18)13-20(11-16)36-24-21(26)12-17(14-27-24)25(33)31-6-2-3-7-31/h4,8,10-14,18H,2-3,5-7,9,15H2,1H3,(H,28,29,32)/t18-/m0/s1. The van der Waals surface area contributed by atoms with Gasteiger partial charge in [0.15, 0.2) is 5.82 Å². The van der Waals surface area contributed by atoms with Gasteiger partial charge < -0.3 is 24.4 Å². The van der Waals surface area contributed by atoms with Crippen molar-refractivity contribution in [2.45, 2.75) is 25.4 Å². The summed E-state index contributed by atoms with van der Waals surface area (Å²) < 4.78 is 19.0. The van der Waals surface area contributed by atoms with E-state index in [2.05, 4.69) is 15.4 Å². The second kappa shape index (κ2) is 10.5. The highest BCUT2D eigenvalue weighted by Crippen LogP contribution is 2.32. The van der Waals surface area contributed by atoms with Gasteiger partial charge in [0.1, 0.15) is 22.6 Å². The van der Waals surface area contributed by atoms with Gasteiger partial charge >= 0.3 is 0 Å². The van der Waals surface area contributed by atoms with E-state index in [0.29, 0.717) is 41.7 Å². The van der Waals surface area contributed by atoms with Crippen LogP contribution in [0.15, 0.2) is 42.7 Å². The number of likely N-dealkylation sites (tertiary alicyclic amines) is 1. The molecular weight excluding hydrogens is 486 g/mol. The normalized spacial score (nSPS) is 17.3. The minimum Gasteiger partial charge on any atom is -0.488 e. The SMILES string of the molecule is Cn1ccc(NC(=O)c2cc(Oc3ncc(C(=O)N4CCCC4)cc3Cl)cc(O[C@H]3CCOC3)c2)n1. The van der Waals surface area contributed by atoms with E-state index in [0.717, 1.165) is 32.4 Å². The quantitative estimate of drug-likeness (QED) is 0.512. The van der Waals surface area contributed by atoms with Gasteiger partial charge in [-0.15, -0.1) is 0 Å². The summed E-state index contributed by atoms with van der Waals surface area (Å²) in [5, 5.41) is 7.13. The average molecular weight is 512 g/mol. The van der Waals surface area contributed by atoms with Gasteiger partial charge in [-0.2, -0.15) is 5.10 Å². The van der Waals surface area contributed by atoms with E-state index >= 15 is 0 Å². The van der Waals surface area contributed by atoms with Crippen molar-refractivity contribution in [1.82, 2.24) is 19.7 Å². The van der Waals surface area contributed by atoms with E-state index in [1.54, 1.807) is 53.2 Å². The first-order chi connectivity index (χ1) is 17.4. The molecule has 1 N–H and O–H groups in total. The Morgan fingerprint density at radius 1 is 1.14 bits per heavy atom. The molecule has 2 saturated heterocycles. The lowest BCUT2D eigenvalue weighted by Gasteiger charge is -2.16. The van der Waals surface area contributed by atoms with Gasteiger partial charge in [-0.3, -0.25) is 14.3 Å². The third-order valence-corrected chi connectivity index (χ3v) is 6.22. The molecule has 36 heavy (non-hydrogen) atoms. The van der Waals surface area contributed by atoms with Gasteiger partial charge in [0.05, 0.1) is 18.8 Å². The van der Waals surface area contributed by atoms with Gasteiger partial charge in [-0.05, 0) is 31.0 Å². The van der Waals surface area contributed by atoms with Crippen LogP contribution in [0.3, 0.4) is 0 Å². The summed E-state index contributed by atoms with van der Waals surface area (Å²) in [6.45, 7) is 2.56. The molecule has 1 aromatic carbocycles. The smallest absolute Gasteiger partial charge is 0.257 e. The molecule has 1 atom stereocenters. The van der Waals surface area contributed by atoms with E-state index in [-0.39, 0.29) is 28.8 Å². The number of nitrogens with one attached hydrogen (secondary N) is 1. The summed E-state index contributed by atoms with van der Waals surface area (Å²) in [5.41, 5.74) is 0.715. The van der Waals surface area contributed by atoms with Crippen molar-refractivity contribution in [3.63, 3.8) is 0 Å². The molecule has 0 radical (unpaired) electrons. The molecule has 188 valence electrons. The van der Waals surface area contributed by atoms with Crippen LogP contribution >= 0.6 is 11.6 Å². The monoisotopic (exact) mass is 511 g/mol. The van der Waals surface area contributed by atoms with Crippen molar-refractivity contribution in [2.24, 2.45) is 7.05 Å². The largest absolute Gasteiger partial charge is 0.488 e. The van der Waals surface area contributed by atoms with Crippen LogP contribution in [0.5, 0.6) is 17.4 Å². The highest BCUT2D eigenvalue weighted by molar-refractivity contribution is 6.32. The van der Waals surface area contributed by atoms with Crippen LogP contribution in [0.4, 0.5) is 5.82 Å². The Balaban J connectivity index is 1.38. The van der Waals surface area contributed by atoms with E-state index in [4.69, 9.17) is 25.8 Å². The fourth-order valence-electron chi connectivity index (χ4n) is 4.13. The molecule has 2 amide bonds. The molecule has 4 heterocycles.